The number of aromatic nitrogens is 3. The van der Waals surface area contributed by atoms with E-state index in [0.29, 0.717) is 27.8 Å². The number of halogens is 2. The Morgan fingerprint density at radius 3 is 2.55 bits per heavy atom. The molecule has 6 rings (SSSR count). The highest BCUT2D eigenvalue weighted by Gasteiger charge is 2.28. The van der Waals surface area contributed by atoms with Crippen molar-refractivity contribution in [2.75, 3.05) is 0 Å². The minimum Gasteiger partial charge on any atom is -0.437 e. The fraction of sp³-hybridized carbons (Fsp3) is 0.296. The maximum atomic E-state index is 15.5. The van der Waals surface area contributed by atoms with Gasteiger partial charge in [0.15, 0.2) is 11.1 Å². The molecule has 0 radical (unpaired) electrons. The number of fused-ring (bicyclic) bond motifs is 4. The summed E-state index contributed by atoms with van der Waals surface area (Å²) in [5.74, 6) is -0.425. The number of benzene rings is 2. The van der Waals surface area contributed by atoms with Crippen molar-refractivity contribution in [1.82, 2.24) is 9.97 Å². The standard InChI is InChI=1S/C27H24F2N3O/c1-14-15(2)24(29)23-19-10-11-21(28)31-27(19)33-26(23)22(14)25-18-9-8-17(16-6-4-5-7-16)12-20(18)30-13-32(25)3/h8-13,16H,4-7H2,1-3H3/q+1. The normalized spacial score (nSPS) is 14.8. The molecule has 4 nitrogen and oxygen atoms in total. The molecule has 1 aliphatic rings. The first-order valence-electron chi connectivity index (χ1n) is 11.4. The number of pyridine rings is 1. The first kappa shape index (κ1) is 20.2. The van der Waals surface area contributed by atoms with Crippen molar-refractivity contribution in [2.45, 2.75) is 45.4 Å². The summed E-state index contributed by atoms with van der Waals surface area (Å²) >= 11 is 0. The summed E-state index contributed by atoms with van der Waals surface area (Å²) in [5.41, 5.74) is 5.70. The first-order valence-corrected chi connectivity index (χ1v) is 11.4. The molecule has 0 amide bonds. The van der Waals surface area contributed by atoms with Crippen LogP contribution in [0.2, 0.25) is 0 Å². The van der Waals surface area contributed by atoms with E-state index in [4.69, 9.17) is 9.40 Å². The van der Waals surface area contributed by atoms with Crippen molar-refractivity contribution in [1.29, 1.82) is 0 Å². The SMILES string of the molecule is Cc1c(C)c(F)c2c(oc3nc(F)ccc32)c1-c1c2ccc(C3CCCC3)cc2nc[n+]1C. The molecule has 166 valence electrons. The van der Waals surface area contributed by atoms with Gasteiger partial charge in [0.1, 0.15) is 11.5 Å². The molecule has 1 fully saturated rings. The molecule has 3 heterocycles. The minimum absolute atomic E-state index is 0.0969. The minimum atomic E-state index is -0.656. The van der Waals surface area contributed by atoms with Crippen LogP contribution in [0.3, 0.4) is 0 Å². The molecular weight excluding hydrogens is 420 g/mol. The predicted molar refractivity (Wildman–Crippen MR) is 124 cm³/mol. The first-order chi connectivity index (χ1) is 15.9. The predicted octanol–water partition coefficient (Wildman–Crippen LogP) is 6.57. The van der Waals surface area contributed by atoms with Crippen LogP contribution in [0.1, 0.15) is 48.3 Å². The highest BCUT2D eigenvalue weighted by molar-refractivity contribution is 6.11. The molecule has 2 aromatic carbocycles. The summed E-state index contributed by atoms with van der Waals surface area (Å²) < 4.78 is 37.2. The smallest absolute Gasteiger partial charge is 0.287 e. The molecule has 33 heavy (non-hydrogen) atoms. The lowest BCUT2D eigenvalue weighted by atomic mass is 9.92. The van der Waals surface area contributed by atoms with E-state index in [1.165, 1.54) is 43.4 Å². The third kappa shape index (κ3) is 2.96. The fourth-order valence-corrected chi connectivity index (χ4v) is 5.42. The Hall–Kier alpha value is -3.41. The Morgan fingerprint density at radius 2 is 1.76 bits per heavy atom. The highest BCUT2D eigenvalue weighted by atomic mass is 19.1. The van der Waals surface area contributed by atoms with Crippen molar-refractivity contribution < 1.29 is 17.8 Å². The van der Waals surface area contributed by atoms with Crippen LogP contribution in [0.4, 0.5) is 8.78 Å². The maximum Gasteiger partial charge on any atom is 0.287 e. The van der Waals surface area contributed by atoms with Crippen LogP contribution in [0.5, 0.6) is 0 Å². The van der Waals surface area contributed by atoms with Crippen molar-refractivity contribution in [3.8, 4) is 11.3 Å². The summed E-state index contributed by atoms with van der Waals surface area (Å²) in [6.07, 6.45) is 6.78. The Kier molecular flexibility index (Phi) is 4.47. The van der Waals surface area contributed by atoms with Crippen LogP contribution in [-0.2, 0) is 7.05 Å². The van der Waals surface area contributed by atoms with Gasteiger partial charge in [0.05, 0.1) is 28.8 Å². The van der Waals surface area contributed by atoms with Crippen molar-refractivity contribution in [3.63, 3.8) is 0 Å². The number of hydrogen-bond acceptors (Lipinski definition) is 3. The summed E-state index contributed by atoms with van der Waals surface area (Å²) in [6.45, 7) is 3.67. The van der Waals surface area contributed by atoms with E-state index in [9.17, 15) is 4.39 Å². The number of rotatable bonds is 2. The van der Waals surface area contributed by atoms with Gasteiger partial charge in [0.25, 0.3) is 6.33 Å². The Bertz CT molecular complexity index is 1580. The Balaban J connectivity index is 1.70. The zero-order valence-electron chi connectivity index (χ0n) is 18.9. The average molecular weight is 445 g/mol. The Labute approximate surface area is 189 Å². The van der Waals surface area contributed by atoms with Crippen LogP contribution < -0.4 is 4.57 Å². The van der Waals surface area contributed by atoms with Gasteiger partial charge in [0, 0.05) is 0 Å². The van der Waals surface area contributed by atoms with Crippen LogP contribution in [0.15, 0.2) is 41.1 Å². The van der Waals surface area contributed by atoms with Gasteiger partial charge in [-0.15, -0.1) is 0 Å². The molecule has 6 heteroatoms. The molecule has 0 aliphatic heterocycles. The van der Waals surface area contributed by atoms with Gasteiger partial charge in [-0.2, -0.15) is 9.37 Å². The van der Waals surface area contributed by atoms with E-state index < -0.39 is 5.95 Å². The largest absolute Gasteiger partial charge is 0.437 e. The summed E-state index contributed by atoms with van der Waals surface area (Å²) in [7, 11) is 1.93. The van der Waals surface area contributed by atoms with Crippen molar-refractivity contribution in [2.24, 2.45) is 7.05 Å². The molecule has 0 unspecified atom stereocenters. The van der Waals surface area contributed by atoms with Gasteiger partial charge < -0.3 is 4.42 Å². The topological polar surface area (TPSA) is 42.8 Å². The average Bonchev–Trinajstić information content (AvgIpc) is 3.47. The monoisotopic (exact) mass is 444 g/mol. The van der Waals surface area contributed by atoms with E-state index >= 15 is 4.39 Å². The van der Waals surface area contributed by atoms with E-state index in [1.807, 2.05) is 18.5 Å². The van der Waals surface area contributed by atoms with Gasteiger partial charge in [-0.25, -0.2) is 8.96 Å². The van der Waals surface area contributed by atoms with Gasteiger partial charge in [0.2, 0.25) is 11.7 Å². The second kappa shape index (κ2) is 7.30. The fourth-order valence-electron chi connectivity index (χ4n) is 5.42. The van der Waals surface area contributed by atoms with Gasteiger partial charge in [-0.1, -0.05) is 18.9 Å². The van der Waals surface area contributed by atoms with Crippen LogP contribution in [-0.4, -0.2) is 9.97 Å². The van der Waals surface area contributed by atoms with E-state index in [-0.39, 0.29) is 11.5 Å². The number of aryl methyl sites for hydroxylation is 1. The van der Waals surface area contributed by atoms with Crippen LogP contribution in [0, 0.1) is 25.6 Å². The summed E-state index contributed by atoms with van der Waals surface area (Å²) in [6, 6.07) is 9.27. The zero-order chi connectivity index (χ0) is 22.9. The Morgan fingerprint density at radius 1 is 1.00 bits per heavy atom. The molecule has 5 aromatic rings. The van der Waals surface area contributed by atoms with Gasteiger partial charge in [-0.3, -0.25) is 0 Å². The van der Waals surface area contributed by atoms with E-state index in [2.05, 4.69) is 23.2 Å². The highest BCUT2D eigenvalue weighted by Crippen LogP contribution is 2.42. The van der Waals surface area contributed by atoms with Gasteiger partial charge in [-0.05, 0) is 78.5 Å². The van der Waals surface area contributed by atoms with E-state index in [0.717, 1.165) is 27.7 Å². The molecule has 0 saturated heterocycles. The third-order valence-electron chi connectivity index (χ3n) is 7.30. The molecular formula is C27H24F2N3O+. The lowest BCUT2D eigenvalue weighted by molar-refractivity contribution is -0.662. The molecule has 0 N–H and O–H groups in total. The lowest BCUT2D eigenvalue weighted by Crippen LogP contribution is -2.32. The maximum absolute atomic E-state index is 15.5. The van der Waals surface area contributed by atoms with Crippen LogP contribution in [0.25, 0.3) is 44.2 Å². The molecule has 3 aromatic heterocycles. The molecule has 0 spiro atoms. The molecule has 0 bridgehead atoms. The molecule has 0 atom stereocenters. The number of nitrogens with zero attached hydrogens (tertiary/aromatic N) is 3. The quantitative estimate of drug-likeness (QED) is 0.228. The van der Waals surface area contributed by atoms with Crippen molar-refractivity contribution in [3.05, 3.63) is 65.1 Å². The molecule has 1 aliphatic carbocycles. The lowest BCUT2D eigenvalue weighted by Gasteiger charge is -2.14. The van der Waals surface area contributed by atoms with Crippen LogP contribution >= 0.6 is 0 Å². The number of furan rings is 1. The number of hydrogen-bond donors (Lipinski definition) is 0. The molecule has 1 saturated carbocycles. The second-order valence-electron chi connectivity index (χ2n) is 9.19. The second-order valence-corrected chi connectivity index (χ2v) is 9.19. The summed E-state index contributed by atoms with van der Waals surface area (Å²) in [4.78, 5) is 8.57. The van der Waals surface area contributed by atoms with Gasteiger partial charge >= 0.3 is 0 Å². The zero-order valence-corrected chi connectivity index (χ0v) is 18.9. The van der Waals surface area contributed by atoms with E-state index in [1.54, 1.807) is 13.3 Å². The summed E-state index contributed by atoms with van der Waals surface area (Å²) in [5, 5.41) is 1.78. The third-order valence-corrected chi connectivity index (χ3v) is 7.30. The van der Waals surface area contributed by atoms with Crippen molar-refractivity contribution >= 4 is 33.0 Å².